The molecule has 1 heterocycles. The van der Waals surface area contributed by atoms with E-state index < -0.39 is 5.66 Å². The van der Waals surface area contributed by atoms with Gasteiger partial charge >= 0.3 is 0 Å². The first-order chi connectivity index (χ1) is 14.9. The van der Waals surface area contributed by atoms with Crippen molar-refractivity contribution in [3.05, 3.63) is 90.5 Å². The normalized spacial score (nSPS) is 14.0. The van der Waals surface area contributed by atoms with Crippen LogP contribution in [0.3, 0.4) is 0 Å². The molecule has 0 bridgehead atoms. The number of nitrogens with two attached hydrogens (primary N) is 2. The molecule has 0 fully saturated rings. The Morgan fingerprint density at radius 1 is 1.23 bits per heavy atom. The predicted octanol–water partition coefficient (Wildman–Crippen LogP) is 3.11. The highest BCUT2D eigenvalue weighted by molar-refractivity contribution is 5.78. The molecule has 0 saturated carbocycles. The molecule has 0 amide bonds. The summed E-state index contributed by atoms with van der Waals surface area (Å²) in [4.78, 5) is 8.26. The van der Waals surface area contributed by atoms with Crippen molar-refractivity contribution in [2.24, 2.45) is 11.6 Å². The van der Waals surface area contributed by atoms with E-state index in [0.717, 1.165) is 16.8 Å². The Bertz CT molecular complexity index is 1070. The van der Waals surface area contributed by atoms with Gasteiger partial charge in [0.1, 0.15) is 12.0 Å². The number of nitrogens with zero attached hydrogens (tertiary/aromatic N) is 3. The number of rotatable bonds is 8. The number of hydrazine groups is 1. The molecule has 31 heavy (non-hydrogen) atoms. The molecule has 3 aromatic rings. The van der Waals surface area contributed by atoms with E-state index in [4.69, 9.17) is 18.0 Å². The maximum absolute atomic E-state index is 6.62. The third-order valence-electron chi connectivity index (χ3n) is 4.94. The Morgan fingerprint density at radius 2 is 2.03 bits per heavy atom. The van der Waals surface area contributed by atoms with Crippen molar-refractivity contribution in [3.8, 4) is 23.5 Å². The lowest BCUT2D eigenvalue weighted by atomic mass is 10.0. The van der Waals surface area contributed by atoms with E-state index >= 15 is 0 Å². The molecule has 158 valence electrons. The second-order valence-electron chi connectivity index (χ2n) is 7.44. The van der Waals surface area contributed by atoms with Crippen LogP contribution in [-0.2, 0) is 5.66 Å². The summed E-state index contributed by atoms with van der Waals surface area (Å²) in [6, 6.07) is 17.9. The van der Waals surface area contributed by atoms with Crippen LogP contribution in [0.5, 0.6) is 0 Å². The van der Waals surface area contributed by atoms with Gasteiger partial charge in [0, 0.05) is 11.8 Å². The maximum Gasteiger partial charge on any atom is 0.130 e. The lowest BCUT2D eigenvalue weighted by Crippen LogP contribution is -2.52. The van der Waals surface area contributed by atoms with Crippen molar-refractivity contribution < 1.29 is 0 Å². The van der Waals surface area contributed by atoms with Crippen molar-refractivity contribution in [1.29, 1.82) is 0 Å². The zero-order valence-corrected chi connectivity index (χ0v) is 17.9. The number of terminal acetylenes is 1. The predicted molar refractivity (Wildman–Crippen MR) is 127 cm³/mol. The Labute approximate surface area is 184 Å². The molecule has 2 aromatic carbocycles. The highest BCUT2D eigenvalue weighted by Gasteiger charge is 2.27. The molecule has 1 aromatic heterocycles. The van der Waals surface area contributed by atoms with Crippen LogP contribution in [-0.4, -0.2) is 22.6 Å². The highest BCUT2D eigenvalue weighted by Crippen LogP contribution is 2.30. The third-order valence-corrected chi connectivity index (χ3v) is 4.94. The first kappa shape index (κ1) is 22.2. The first-order valence-corrected chi connectivity index (χ1v) is 10.1. The minimum absolute atomic E-state index is 0.249. The molecule has 0 radical (unpaired) electrons. The van der Waals surface area contributed by atoms with Crippen LogP contribution in [0.15, 0.2) is 79.3 Å². The monoisotopic (exact) mass is 412 g/mol. The van der Waals surface area contributed by atoms with Gasteiger partial charge in [0.2, 0.25) is 0 Å². The van der Waals surface area contributed by atoms with Gasteiger partial charge in [-0.25, -0.2) is 15.8 Å². The zero-order valence-electron chi connectivity index (χ0n) is 17.9. The van der Waals surface area contributed by atoms with Gasteiger partial charge in [0.05, 0.1) is 24.0 Å². The standard InChI is InChI=1S/C25H28N6/c1-4-20(3)30-25(26,24-13-15-28-18-29-24)14-8-16-31(27)23-12-6-5-11-22(23)21-10-7-9-19(2)17-21/h1,5-15,17-18,20,30H,16,26-27H2,2-3H3. The first-order valence-electron chi connectivity index (χ1n) is 10.1. The van der Waals surface area contributed by atoms with E-state index in [0.29, 0.717) is 12.2 Å². The summed E-state index contributed by atoms with van der Waals surface area (Å²) in [6.07, 6.45) is 12.4. The Balaban J connectivity index is 1.84. The number of aryl methyl sites for hydroxylation is 1. The fraction of sp³-hybridized carbons (Fsp3) is 0.200. The molecular formula is C25H28N6. The van der Waals surface area contributed by atoms with Crippen molar-refractivity contribution in [3.63, 3.8) is 0 Å². The van der Waals surface area contributed by atoms with Gasteiger partial charge in [-0.1, -0.05) is 60.0 Å². The average molecular weight is 413 g/mol. The number of anilines is 1. The van der Waals surface area contributed by atoms with Crippen LogP contribution < -0.4 is 21.9 Å². The zero-order chi connectivity index (χ0) is 22.3. The molecule has 0 saturated heterocycles. The summed E-state index contributed by atoms with van der Waals surface area (Å²) in [5, 5.41) is 4.92. The molecule has 6 heteroatoms. The van der Waals surface area contributed by atoms with Crippen LogP contribution in [0.2, 0.25) is 0 Å². The maximum atomic E-state index is 6.62. The summed E-state index contributed by atoms with van der Waals surface area (Å²) >= 11 is 0. The van der Waals surface area contributed by atoms with Gasteiger partial charge in [-0.15, -0.1) is 6.42 Å². The van der Waals surface area contributed by atoms with E-state index in [1.807, 2.05) is 43.3 Å². The van der Waals surface area contributed by atoms with E-state index in [-0.39, 0.29) is 6.04 Å². The molecule has 5 N–H and O–H groups in total. The number of aromatic nitrogens is 2. The largest absolute Gasteiger partial charge is 0.307 e. The molecular weight excluding hydrogens is 384 g/mol. The second-order valence-corrected chi connectivity index (χ2v) is 7.44. The lowest BCUT2D eigenvalue weighted by Gasteiger charge is -2.29. The molecule has 6 nitrogen and oxygen atoms in total. The Morgan fingerprint density at radius 3 is 2.74 bits per heavy atom. The summed E-state index contributed by atoms with van der Waals surface area (Å²) in [7, 11) is 0. The van der Waals surface area contributed by atoms with E-state index in [1.54, 1.807) is 17.3 Å². The molecule has 3 rings (SSSR count). The number of benzene rings is 2. The topological polar surface area (TPSA) is 93.1 Å². The molecule has 0 aliphatic heterocycles. The number of nitrogens with one attached hydrogen (secondary N) is 1. The smallest absolute Gasteiger partial charge is 0.130 e. The Hall–Kier alpha value is -3.50. The van der Waals surface area contributed by atoms with Gasteiger partial charge in [0.15, 0.2) is 0 Å². The fourth-order valence-electron chi connectivity index (χ4n) is 3.37. The molecule has 2 atom stereocenters. The number of hydrogen-bond acceptors (Lipinski definition) is 6. The van der Waals surface area contributed by atoms with Crippen LogP contribution in [0.25, 0.3) is 11.1 Å². The minimum atomic E-state index is -1.05. The van der Waals surface area contributed by atoms with Gasteiger partial charge in [0.25, 0.3) is 0 Å². The van der Waals surface area contributed by atoms with Crippen molar-refractivity contribution in [1.82, 2.24) is 15.3 Å². The van der Waals surface area contributed by atoms with Crippen molar-refractivity contribution >= 4 is 5.69 Å². The van der Waals surface area contributed by atoms with Crippen LogP contribution >= 0.6 is 0 Å². The quantitative estimate of drug-likeness (QED) is 0.173. The molecule has 0 aliphatic rings. The third kappa shape index (κ3) is 5.56. The minimum Gasteiger partial charge on any atom is -0.307 e. The summed E-state index contributed by atoms with van der Waals surface area (Å²) in [5.74, 6) is 9.07. The fourth-order valence-corrected chi connectivity index (χ4v) is 3.37. The molecule has 2 unspecified atom stereocenters. The lowest BCUT2D eigenvalue weighted by molar-refractivity contribution is 0.401. The van der Waals surface area contributed by atoms with Gasteiger partial charge in [-0.2, -0.15) is 0 Å². The summed E-state index contributed by atoms with van der Waals surface area (Å²) < 4.78 is 0. The number of hydrogen-bond donors (Lipinski definition) is 3. The van der Waals surface area contributed by atoms with Crippen molar-refractivity contribution in [2.75, 3.05) is 11.6 Å². The van der Waals surface area contributed by atoms with Gasteiger partial charge in [-0.05, 0) is 37.6 Å². The average Bonchev–Trinajstić information content (AvgIpc) is 2.79. The molecule has 0 spiro atoms. The van der Waals surface area contributed by atoms with Crippen LogP contribution in [0.4, 0.5) is 5.69 Å². The second kappa shape index (κ2) is 10.0. The van der Waals surface area contributed by atoms with Gasteiger partial charge < -0.3 is 10.7 Å². The van der Waals surface area contributed by atoms with Crippen LogP contribution in [0, 0.1) is 19.3 Å². The van der Waals surface area contributed by atoms with Crippen LogP contribution in [0.1, 0.15) is 18.2 Å². The highest BCUT2D eigenvalue weighted by atomic mass is 15.4. The Kier molecular flexibility index (Phi) is 7.16. The van der Waals surface area contributed by atoms with E-state index in [9.17, 15) is 0 Å². The van der Waals surface area contributed by atoms with Crippen molar-refractivity contribution in [2.45, 2.75) is 25.6 Å². The van der Waals surface area contributed by atoms with Gasteiger partial charge in [-0.3, -0.25) is 5.32 Å². The van der Waals surface area contributed by atoms with E-state index in [1.165, 1.54) is 11.9 Å². The molecule has 0 aliphatic carbocycles. The summed E-state index contributed by atoms with van der Waals surface area (Å²) in [6.45, 7) is 4.39. The summed E-state index contributed by atoms with van der Waals surface area (Å²) in [5.41, 5.74) is 10.5. The number of para-hydroxylation sites is 1. The SMILES string of the molecule is C#CC(C)NC(N)(C=CCN(N)c1ccccc1-c1cccc(C)c1)c1ccncn1. The van der Waals surface area contributed by atoms with E-state index in [2.05, 4.69) is 52.4 Å².